The highest BCUT2D eigenvalue weighted by atomic mass is 16.5. The minimum absolute atomic E-state index is 0.0584. The molecule has 6 atom stereocenters. The topological polar surface area (TPSA) is 154 Å². The zero-order valence-electron chi connectivity index (χ0n) is 20.1. The van der Waals surface area contributed by atoms with Gasteiger partial charge in [0, 0.05) is 0 Å². The monoisotopic (exact) mass is 480 g/mol. The molecule has 2 saturated carbocycles. The van der Waals surface area contributed by atoms with Crippen LogP contribution in [-0.2, 0) is 38.2 Å². The number of methoxy groups -OCH3 is 3. The van der Waals surface area contributed by atoms with Gasteiger partial charge in [0.25, 0.3) is 0 Å². The zero-order valence-corrected chi connectivity index (χ0v) is 20.1. The molecule has 2 fully saturated rings. The molecule has 0 heterocycles. The maximum Gasteiger partial charge on any atom is 0.335 e. The Kier molecular flexibility index (Phi) is 6.58. The maximum atomic E-state index is 13.1. The Morgan fingerprint density at radius 3 is 1.97 bits per heavy atom. The summed E-state index contributed by atoms with van der Waals surface area (Å²) in [7, 11) is 3.41. The summed E-state index contributed by atoms with van der Waals surface area (Å²) in [5, 5.41) is 20.6. The number of ether oxygens (including phenoxy) is 3. The average molecular weight is 481 g/mol. The van der Waals surface area contributed by atoms with E-state index in [9.17, 15) is 34.2 Å². The predicted octanol–water partition coefficient (Wildman–Crippen LogP) is 2.20. The van der Waals surface area contributed by atoms with Gasteiger partial charge in [0.2, 0.25) is 0 Å². The van der Waals surface area contributed by atoms with Gasteiger partial charge in [-0.05, 0) is 56.3 Å². The minimum Gasteiger partial charge on any atom is -0.481 e. The molecule has 2 N–H and O–H groups in total. The van der Waals surface area contributed by atoms with Gasteiger partial charge in [-0.3, -0.25) is 14.4 Å². The van der Waals surface area contributed by atoms with Crippen LogP contribution in [0, 0.1) is 34.0 Å². The number of carboxylic acids is 2. The first-order valence-electron chi connectivity index (χ1n) is 11.3. The van der Waals surface area contributed by atoms with Crippen molar-refractivity contribution in [3.05, 3.63) is 11.1 Å². The van der Waals surface area contributed by atoms with E-state index in [1.54, 1.807) is 0 Å². The van der Waals surface area contributed by atoms with Crippen LogP contribution in [0.3, 0.4) is 0 Å². The smallest absolute Gasteiger partial charge is 0.335 e. The number of hydrogen-bond donors (Lipinski definition) is 2. The molecular formula is C24H32O10. The van der Waals surface area contributed by atoms with Gasteiger partial charge in [-0.2, -0.15) is 0 Å². The molecule has 3 aliphatic carbocycles. The van der Waals surface area contributed by atoms with Gasteiger partial charge in [0.15, 0.2) is 0 Å². The standard InChI is InChI=1S/C24H32O10/c1-22-8-6-9-23(2,21(31)34-5)13(22)7-10-24(20(29)30)14(22)11-12(17(25)26)15(18(27)32-3)16(24)19(28)33-4/h12-14H,6-11H2,1-5H3,(H,25,26)(H,29,30)/t12-,13-,14-,22+,23-,24+/m1/s1. The largest absolute Gasteiger partial charge is 0.481 e. The van der Waals surface area contributed by atoms with E-state index in [0.717, 1.165) is 14.2 Å². The van der Waals surface area contributed by atoms with E-state index in [-0.39, 0.29) is 25.2 Å². The van der Waals surface area contributed by atoms with Crippen LogP contribution in [0.2, 0.25) is 0 Å². The summed E-state index contributed by atoms with van der Waals surface area (Å²) >= 11 is 0. The van der Waals surface area contributed by atoms with Crippen molar-refractivity contribution in [1.82, 2.24) is 0 Å². The third-order valence-corrected chi connectivity index (χ3v) is 8.86. The van der Waals surface area contributed by atoms with E-state index < -0.39 is 69.1 Å². The van der Waals surface area contributed by atoms with Crippen LogP contribution < -0.4 is 0 Å². The Hall–Kier alpha value is -2.91. The van der Waals surface area contributed by atoms with Crippen LogP contribution in [0.5, 0.6) is 0 Å². The third kappa shape index (κ3) is 3.32. The maximum absolute atomic E-state index is 13.1. The minimum atomic E-state index is -1.86. The SMILES string of the molecule is COC(=O)C1=C(C(=O)OC)[C@]2(C(=O)O)CC[C@@H]3[C@](C)(CCC[C@@]3(C)C(=O)OC)[C@H]2C[C@H]1C(=O)O. The van der Waals surface area contributed by atoms with E-state index >= 15 is 0 Å². The second-order valence-corrected chi connectivity index (χ2v) is 10.1. The fraction of sp³-hybridized carbons (Fsp3) is 0.708. The Balaban J connectivity index is 2.35. The van der Waals surface area contributed by atoms with E-state index in [1.807, 2.05) is 13.8 Å². The first kappa shape index (κ1) is 25.7. The normalized spacial score (nSPS) is 37.0. The average Bonchev–Trinajstić information content (AvgIpc) is 2.80. The van der Waals surface area contributed by atoms with Crippen LogP contribution in [-0.4, -0.2) is 61.4 Å². The van der Waals surface area contributed by atoms with Gasteiger partial charge in [-0.15, -0.1) is 0 Å². The van der Waals surface area contributed by atoms with Crippen molar-refractivity contribution in [2.45, 2.75) is 52.4 Å². The molecule has 0 unspecified atom stereocenters. The summed E-state index contributed by atoms with van der Waals surface area (Å²) in [6, 6.07) is 0. The van der Waals surface area contributed by atoms with E-state index in [2.05, 4.69) is 0 Å². The molecule has 34 heavy (non-hydrogen) atoms. The number of carboxylic acid groups (broad SMARTS) is 2. The Bertz CT molecular complexity index is 967. The number of esters is 3. The van der Waals surface area contributed by atoms with Crippen molar-refractivity contribution in [2.75, 3.05) is 21.3 Å². The van der Waals surface area contributed by atoms with Gasteiger partial charge in [0.1, 0.15) is 5.41 Å². The highest BCUT2D eigenvalue weighted by molar-refractivity contribution is 6.08. The van der Waals surface area contributed by atoms with Gasteiger partial charge >= 0.3 is 29.8 Å². The quantitative estimate of drug-likeness (QED) is 0.442. The summed E-state index contributed by atoms with van der Waals surface area (Å²) in [5.74, 6) is -7.81. The highest BCUT2D eigenvalue weighted by Gasteiger charge is 2.70. The van der Waals surface area contributed by atoms with Crippen molar-refractivity contribution in [3.63, 3.8) is 0 Å². The van der Waals surface area contributed by atoms with Gasteiger partial charge in [-0.1, -0.05) is 13.3 Å². The molecule has 3 aliphatic rings. The third-order valence-electron chi connectivity index (χ3n) is 8.86. The summed E-state index contributed by atoms with van der Waals surface area (Å²) in [4.78, 5) is 64.0. The molecule has 0 radical (unpaired) electrons. The summed E-state index contributed by atoms with van der Waals surface area (Å²) < 4.78 is 14.8. The van der Waals surface area contributed by atoms with Crippen LogP contribution in [0.1, 0.15) is 52.4 Å². The van der Waals surface area contributed by atoms with E-state index in [0.29, 0.717) is 19.3 Å². The van der Waals surface area contributed by atoms with Crippen molar-refractivity contribution >= 4 is 29.8 Å². The second kappa shape index (κ2) is 8.70. The predicted molar refractivity (Wildman–Crippen MR) is 115 cm³/mol. The van der Waals surface area contributed by atoms with Gasteiger partial charge < -0.3 is 24.4 Å². The second-order valence-electron chi connectivity index (χ2n) is 10.1. The van der Waals surface area contributed by atoms with Crippen LogP contribution >= 0.6 is 0 Å². The number of rotatable bonds is 5. The number of carbonyl (C=O) groups excluding carboxylic acids is 3. The number of carbonyl (C=O) groups is 5. The van der Waals surface area contributed by atoms with Crippen molar-refractivity contribution < 1.29 is 48.4 Å². The van der Waals surface area contributed by atoms with Crippen LogP contribution in [0.4, 0.5) is 0 Å². The Morgan fingerprint density at radius 1 is 0.853 bits per heavy atom. The molecule has 0 spiro atoms. The number of hydrogen-bond acceptors (Lipinski definition) is 8. The molecule has 3 rings (SSSR count). The lowest BCUT2D eigenvalue weighted by Crippen LogP contribution is -2.63. The molecule has 0 amide bonds. The molecular weight excluding hydrogens is 448 g/mol. The zero-order chi connectivity index (χ0) is 25.6. The summed E-state index contributed by atoms with van der Waals surface area (Å²) in [6.07, 6.45) is 1.73. The molecule has 10 nitrogen and oxygen atoms in total. The molecule has 0 aromatic rings. The lowest BCUT2D eigenvalue weighted by molar-refractivity contribution is -0.192. The first-order valence-corrected chi connectivity index (χ1v) is 11.3. The Morgan fingerprint density at radius 2 is 1.47 bits per heavy atom. The van der Waals surface area contributed by atoms with Gasteiger partial charge in [0.05, 0.1) is 43.8 Å². The van der Waals surface area contributed by atoms with E-state index in [1.165, 1.54) is 7.11 Å². The molecule has 0 aromatic carbocycles. The van der Waals surface area contributed by atoms with Crippen molar-refractivity contribution in [3.8, 4) is 0 Å². The molecule has 0 aliphatic heterocycles. The summed E-state index contributed by atoms with van der Waals surface area (Å²) in [6.45, 7) is 3.68. The first-order chi connectivity index (χ1) is 15.9. The fourth-order valence-corrected chi connectivity index (χ4v) is 7.44. The Labute approximate surface area is 197 Å². The molecule has 10 heteroatoms. The lowest BCUT2D eigenvalue weighted by atomic mass is 9.39. The molecule has 188 valence electrons. The van der Waals surface area contributed by atoms with E-state index in [4.69, 9.17) is 14.2 Å². The molecule has 0 bridgehead atoms. The summed E-state index contributed by atoms with van der Waals surface area (Å²) in [5.41, 5.74) is -4.49. The van der Waals surface area contributed by atoms with Crippen molar-refractivity contribution in [1.29, 1.82) is 0 Å². The fourth-order valence-electron chi connectivity index (χ4n) is 7.44. The van der Waals surface area contributed by atoms with Gasteiger partial charge in [-0.25, -0.2) is 9.59 Å². The lowest BCUT2D eigenvalue weighted by Gasteiger charge is -2.63. The number of fused-ring (bicyclic) bond motifs is 3. The highest BCUT2D eigenvalue weighted by Crippen LogP contribution is 2.69. The van der Waals surface area contributed by atoms with Crippen molar-refractivity contribution in [2.24, 2.45) is 34.0 Å². The number of aliphatic carboxylic acids is 2. The molecule has 0 saturated heterocycles. The van der Waals surface area contributed by atoms with Crippen LogP contribution in [0.25, 0.3) is 0 Å². The van der Waals surface area contributed by atoms with Crippen LogP contribution in [0.15, 0.2) is 11.1 Å². The molecule has 0 aromatic heterocycles.